The van der Waals surface area contributed by atoms with Crippen LogP contribution in [-0.2, 0) is 15.1 Å². The maximum atomic E-state index is 11.6. The Kier molecular flexibility index (Phi) is 6.65. The second-order valence-electron chi connectivity index (χ2n) is 7.78. The Morgan fingerprint density at radius 2 is 1.30 bits per heavy atom. The summed E-state index contributed by atoms with van der Waals surface area (Å²) in [6.45, 7) is 2.01. The molecule has 0 unspecified atom stereocenters. The molecule has 0 fully saturated rings. The van der Waals surface area contributed by atoms with Gasteiger partial charge in [-0.2, -0.15) is 0 Å². The third-order valence-corrected chi connectivity index (χ3v) is 5.52. The molecule has 0 spiro atoms. The Morgan fingerprint density at radius 1 is 0.818 bits per heavy atom. The van der Waals surface area contributed by atoms with Crippen molar-refractivity contribution in [2.45, 2.75) is 12.5 Å². The van der Waals surface area contributed by atoms with Gasteiger partial charge in [0.15, 0.2) is 0 Å². The van der Waals surface area contributed by atoms with Gasteiger partial charge in [0.1, 0.15) is 11.4 Å². The van der Waals surface area contributed by atoms with Gasteiger partial charge in [0.05, 0.1) is 12.8 Å². The first-order chi connectivity index (χ1) is 16.1. The highest BCUT2D eigenvalue weighted by atomic mass is 16.5. The first kappa shape index (κ1) is 22.0. The molecule has 0 aliphatic carbocycles. The summed E-state index contributed by atoms with van der Waals surface area (Å²) < 4.78 is 4.72. The van der Waals surface area contributed by atoms with Crippen LogP contribution in [0.3, 0.4) is 0 Å². The van der Waals surface area contributed by atoms with E-state index in [9.17, 15) is 4.79 Å². The van der Waals surface area contributed by atoms with Crippen LogP contribution in [-0.4, -0.2) is 18.1 Å². The lowest BCUT2D eigenvalue weighted by Gasteiger charge is -2.37. The monoisotopic (exact) mass is 434 g/mol. The van der Waals surface area contributed by atoms with Gasteiger partial charge >= 0.3 is 5.97 Å². The largest absolute Gasteiger partial charge is 0.466 e. The molecule has 0 saturated carbocycles. The number of aromatic nitrogens is 1. The lowest BCUT2D eigenvalue weighted by molar-refractivity contribution is -0.134. The van der Waals surface area contributed by atoms with E-state index in [1.165, 1.54) is 13.2 Å². The number of hydrogen-bond acceptors (Lipinski definition) is 4. The van der Waals surface area contributed by atoms with E-state index in [1.54, 1.807) is 6.08 Å². The number of rotatable bonds is 7. The zero-order chi connectivity index (χ0) is 23.1. The normalized spacial score (nSPS) is 11.3. The molecule has 4 aromatic rings. The Balaban J connectivity index is 1.91. The Bertz CT molecular complexity index is 1140. The summed E-state index contributed by atoms with van der Waals surface area (Å²) >= 11 is 0. The molecule has 3 aromatic carbocycles. The number of methoxy groups -OCH3 is 1. The smallest absolute Gasteiger partial charge is 0.330 e. The van der Waals surface area contributed by atoms with Crippen LogP contribution in [0.25, 0.3) is 6.08 Å². The molecule has 0 atom stereocenters. The molecule has 0 bridgehead atoms. The van der Waals surface area contributed by atoms with Crippen LogP contribution in [0.1, 0.15) is 27.9 Å². The van der Waals surface area contributed by atoms with Gasteiger partial charge in [-0.15, -0.1) is 0 Å². The van der Waals surface area contributed by atoms with Crippen LogP contribution in [0.2, 0.25) is 0 Å². The standard InChI is InChI=1S/C29H26N2O2/c1-22-20-26(18-19-28(32)33-2)30-27(21-22)31-29(23-12-6-3-7-13-23,24-14-8-4-9-15-24)25-16-10-5-11-17-25/h3-21H,1-2H3,(H,30,31). The molecular formula is C29H26N2O2. The summed E-state index contributed by atoms with van der Waals surface area (Å²) in [6.07, 6.45) is 3.05. The number of hydrogen-bond donors (Lipinski definition) is 1. The number of anilines is 1. The summed E-state index contributed by atoms with van der Waals surface area (Å²) in [5.74, 6) is 0.288. The van der Waals surface area contributed by atoms with Crippen LogP contribution in [0.5, 0.6) is 0 Å². The predicted octanol–water partition coefficient (Wildman–Crippen LogP) is 5.98. The minimum absolute atomic E-state index is 0.417. The van der Waals surface area contributed by atoms with E-state index in [-0.39, 0.29) is 0 Å². The maximum Gasteiger partial charge on any atom is 0.330 e. The number of ether oxygens (including phenoxy) is 1. The molecule has 4 nitrogen and oxygen atoms in total. The van der Waals surface area contributed by atoms with Crippen molar-refractivity contribution in [2.75, 3.05) is 12.4 Å². The minimum atomic E-state index is -0.673. The Hall–Kier alpha value is -4.18. The van der Waals surface area contributed by atoms with Crippen LogP contribution >= 0.6 is 0 Å². The number of pyridine rings is 1. The summed E-state index contributed by atoms with van der Waals surface area (Å²) in [6, 6.07) is 35.0. The lowest BCUT2D eigenvalue weighted by atomic mass is 9.77. The van der Waals surface area contributed by atoms with Crippen molar-refractivity contribution in [1.82, 2.24) is 4.98 Å². The van der Waals surface area contributed by atoms with E-state index in [1.807, 2.05) is 73.7 Å². The first-order valence-electron chi connectivity index (χ1n) is 10.8. The zero-order valence-corrected chi connectivity index (χ0v) is 18.7. The second kappa shape index (κ2) is 9.96. The number of aryl methyl sites for hydroxylation is 1. The van der Waals surface area contributed by atoms with Gasteiger partial charge in [-0.1, -0.05) is 91.0 Å². The van der Waals surface area contributed by atoms with Gasteiger partial charge in [-0.25, -0.2) is 9.78 Å². The van der Waals surface area contributed by atoms with Gasteiger partial charge in [-0.05, 0) is 47.4 Å². The van der Waals surface area contributed by atoms with Crippen molar-refractivity contribution in [3.63, 3.8) is 0 Å². The predicted molar refractivity (Wildman–Crippen MR) is 133 cm³/mol. The topological polar surface area (TPSA) is 51.2 Å². The van der Waals surface area contributed by atoms with Crippen molar-refractivity contribution in [3.8, 4) is 0 Å². The third-order valence-electron chi connectivity index (χ3n) is 5.52. The van der Waals surface area contributed by atoms with Crippen LogP contribution in [0, 0.1) is 6.92 Å². The van der Waals surface area contributed by atoms with Crippen molar-refractivity contribution >= 4 is 17.9 Å². The van der Waals surface area contributed by atoms with Crippen LogP contribution in [0.15, 0.2) is 109 Å². The van der Waals surface area contributed by atoms with Crippen molar-refractivity contribution in [3.05, 3.63) is 137 Å². The summed E-state index contributed by atoms with van der Waals surface area (Å²) in [5, 5.41) is 3.76. The van der Waals surface area contributed by atoms with Crippen molar-refractivity contribution in [1.29, 1.82) is 0 Å². The van der Waals surface area contributed by atoms with Gasteiger partial charge in [0.25, 0.3) is 0 Å². The van der Waals surface area contributed by atoms with Gasteiger partial charge in [-0.3, -0.25) is 0 Å². The molecule has 1 N–H and O–H groups in total. The van der Waals surface area contributed by atoms with E-state index in [0.29, 0.717) is 11.5 Å². The molecule has 4 heteroatoms. The molecule has 4 rings (SSSR count). The Morgan fingerprint density at radius 3 is 1.76 bits per heavy atom. The van der Waals surface area contributed by atoms with E-state index >= 15 is 0 Å². The highest BCUT2D eigenvalue weighted by Gasteiger charge is 2.36. The quantitative estimate of drug-likeness (QED) is 0.221. The summed E-state index contributed by atoms with van der Waals surface area (Å²) in [5.41, 5.74) is 4.31. The fourth-order valence-electron chi connectivity index (χ4n) is 4.04. The summed E-state index contributed by atoms with van der Waals surface area (Å²) in [4.78, 5) is 16.4. The molecule has 0 aliphatic heterocycles. The van der Waals surface area contributed by atoms with Crippen molar-refractivity contribution < 1.29 is 9.53 Å². The fourth-order valence-corrected chi connectivity index (χ4v) is 4.04. The second-order valence-corrected chi connectivity index (χ2v) is 7.78. The number of benzene rings is 3. The molecule has 1 heterocycles. The number of esters is 1. The SMILES string of the molecule is COC(=O)C=Cc1cc(C)cc(NC(c2ccccc2)(c2ccccc2)c2ccccc2)n1. The molecule has 0 saturated heterocycles. The third kappa shape index (κ3) is 4.85. The van der Waals surface area contributed by atoms with E-state index in [0.717, 1.165) is 22.3 Å². The molecule has 1 aromatic heterocycles. The zero-order valence-electron chi connectivity index (χ0n) is 18.7. The van der Waals surface area contributed by atoms with E-state index in [4.69, 9.17) is 9.72 Å². The number of nitrogens with one attached hydrogen (secondary N) is 1. The molecule has 33 heavy (non-hydrogen) atoms. The number of carbonyl (C=O) groups excluding carboxylic acids is 1. The molecular weight excluding hydrogens is 408 g/mol. The van der Waals surface area contributed by atoms with Gasteiger partial charge in [0, 0.05) is 6.08 Å². The van der Waals surface area contributed by atoms with Crippen molar-refractivity contribution in [2.24, 2.45) is 0 Å². The summed E-state index contributed by atoms with van der Waals surface area (Å²) in [7, 11) is 1.36. The molecule has 0 amide bonds. The van der Waals surface area contributed by atoms with Crippen LogP contribution in [0.4, 0.5) is 5.82 Å². The van der Waals surface area contributed by atoms with E-state index in [2.05, 4.69) is 41.7 Å². The number of nitrogens with zero attached hydrogens (tertiary/aromatic N) is 1. The van der Waals surface area contributed by atoms with Gasteiger partial charge < -0.3 is 10.1 Å². The van der Waals surface area contributed by atoms with Crippen LogP contribution < -0.4 is 5.32 Å². The highest BCUT2D eigenvalue weighted by molar-refractivity contribution is 5.86. The molecule has 164 valence electrons. The average molecular weight is 435 g/mol. The molecule has 0 radical (unpaired) electrons. The molecule has 0 aliphatic rings. The van der Waals surface area contributed by atoms with E-state index < -0.39 is 11.5 Å². The number of carbonyl (C=O) groups is 1. The maximum absolute atomic E-state index is 11.6. The fraction of sp³-hybridized carbons (Fsp3) is 0.103. The average Bonchev–Trinajstić information content (AvgIpc) is 2.87. The van der Waals surface area contributed by atoms with Gasteiger partial charge in [0.2, 0.25) is 0 Å². The Labute approximate surface area is 194 Å². The minimum Gasteiger partial charge on any atom is -0.466 e. The highest BCUT2D eigenvalue weighted by Crippen LogP contribution is 2.39. The first-order valence-corrected chi connectivity index (χ1v) is 10.8. The lowest BCUT2D eigenvalue weighted by Crippen LogP contribution is -2.38.